The standard InChI is InChI=1S/C24H6F2N8/c25-23-24(26)34-22-16(12(9-29)10-30)18(15(21(22)33-23)11(7-27)8-28)17-13-3-1-5-31-19(13)20-14(17)4-2-6-32-20/h1-6H. The fourth-order valence-electron chi connectivity index (χ4n) is 4.12. The van der Waals surface area contributed by atoms with Gasteiger partial charge >= 0.3 is 0 Å². The number of hydrogen-bond donors (Lipinski definition) is 0. The van der Waals surface area contributed by atoms with Crippen LogP contribution < -0.4 is 0 Å². The smallest absolute Gasteiger partial charge is 0.254 e. The summed E-state index contributed by atoms with van der Waals surface area (Å²) in [5, 5.41) is 38.7. The average molecular weight is 444 g/mol. The number of fused-ring (bicyclic) bond motifs is 4. The summed E-state index contributed by atoms with van der Waals surface area (Å²) in [5.41, 5.74) is 0.547. The van der Waals surface area contributed by atoms with Gasteiger partial charge in [0, 0.05) is 45.8 Å². The number of halogens is 2. The molecule has 10 heteroatoms. The highest BCUT2D eigenvalue weighted by Crippen LogP contribution is 2.54. The summed E-state index contributed by atoms with van der Waals surface area (Å²) >= 11 is 0. The minimum absolute atomic E-state index is 0.0530. The number of nitrogens with zero attached hydrogens (tertiary/aromatic N) is 8. The highest BCUT2D eigenvalue weighted by Gasteiger charge is 2.41. The lowest BCUT2D eigenvalue weighted by Gasteiger charge is -2.11. The van der Waals surface area contributed by atoms with E-state index in [1.807, 2.05) is 0 Å². The van der Waals surface area contributed by atoms with Crippen LogP contribution in [-0.4, -0.2) is 19.9 Å². The summed E-state index contributed by atoms with van der Waals surface area (Å²) in [5.74, 6) is -3.11. The molecule has 8 nitrogen and oxygen atoms in total. The van der Waals surface area contributed by atoms with E-state index in [2.05, 4.69) is 19.9 Å². The first kappa shape index (κ1) is 20.3. The van der Waals surface area contributed by atoms with E-state index >= 15 is 0 Å². The molecule has 156 valence electrons. The van der Waals surface area contributed by atoms with Crippen LogP contribution in [-0.2, 0) is 0 Å². The largest absolute Gasteiger partial charge is 0.269 e. The van der Waals surface area contributed by atoms with E-state index < -0.39 is 23.0 Å². The third-order valence-electron chi connectivity index (χ3n) is 5.36. The number of aromatic nitrogens is 4. The number of hydrogen-bond acceptors (Lipinski definition) is 8. The van der Waals surface area contributed by atoms with Gasteiger partial charge in [-0.3, -0.25) is 9.97 Å². The third-order valence-corrected chi connectivity index (χ3v) is 5.36. The molecule has 3 heterocycles. The summed E-state index contributed by atoms with van der Waals surface area (Å²) in [4.78, 5) is 16.0. The maximum Gasteiger partial charge on any atom is 0.269 e. The summed E-state index contributed by atoms with van der Waals surface area (Å²) < 4.78 is 28.3. The molecule has 0 aromatic carbocycles. The van der Waals surface area contributed by atoms with Crippen molar-refractivity contribution in [3.05, 3.63) is 87.8 Å². The van der Waals surface area contributed by atoms with Gasteiger partial charge in [-0.1, -0.05) is 12.1 Å². The molecule has 2 aliphatic carbocycles. The lowest BCUT2D eigenvalue weighted by Crippen LogP contribution is -2.01. The fourth-order valence-corrected chi connectivity index (χ4v) is 4.12. The number of pyridine rings is 2. The van der Waals surface area contributed by atoms with E-state index in [-0.39, 0.29) is 28.1 Å². The van der Waals surface area contributed by atoms with Crippen molar-refractivity contribution in [2.75, 3.05) is 0 Å². The third kappa shape index (κ3) is 2.64. The Morgan fingerprint density at radius 3 is 1.41 bits per heavy atom. The second-order valence-electron chi connectivity index (χ2n) is 7.00. The Kier molecular flexibility index (Phi) is 4.50. The molecule has 0 amide bonds. The van der Waals surface area contributed by atoms with Crippen LogP contribution in [0.5, 0.6) is 0 Å². The van der Waals surface area contributed by atoms with Gasteiger partial charge in [-0.05, 0) is 12.1 Å². The van der Waals surface area contributed by atoms with E-state index in [4.69, 9.17) is 0 Å². The highest BCUT2D eigenvalue weighted by atomic mass is 19.2. The van der Waals surface area contributed by atoms with E-state index in [9.17, 15) is 29.8 Å². The highest BCUT2D eigenvalue weighted by molar-refractivity contribution is 6.19. The van der Waals surface area contributed by atoms with Crippen LogP contribution in [0.15, 0.2) is 53.4 Å². The van der Waals surface area contributed by atoms with Crippen molar-refractivity contribution in [1.82, 2.24) is 19.9 Å². The van der Waals surface area contributed by atoms with Gasteiger partial charge in [-0.15, -0.1) is 0 Å². The lowest BCUT2D eigenvalue weighted by atomic mass is 9.89. The van der Waals surface area contributed by atoms with E-state index in [0.29, 0.717) is 28.1 Å². The van der Waals surface area contributed by atoms with Crippen molar-refractivity contribution < 1.29 is 8.78 Å². The maximum absolute atomic E-state index is 14.2. The Morgan fingerprint density at radius 2 is 1.03 bits per heavy atom. The molecule has 0 N–H and O–H groups in total. The minimum atomic E-state index is -1.55. The SMILES string of the molecule is N#CC(C#N)=C1C(=C2c3cccnc3-c3ncccc32)C(=C(C#N)C#N)c2nc(F)c(F)nc21. The molecule has 0 saturated heterocycles. The fraction of sp³-hybridized carbons (Fsp3) is 0. The summed E-state index contributed by atoms with van der Waals surface area (Å²) in [7, 11) is 0. The minimum Gasteiger partial charge on any atom is -0.254 e. The molecule has 5 rings (SSSR count). The van der Waals surface area contributed by atoms with Gasteiger partial charge in [0.1, 0.15) is 46.8 Å². The summed E-state index contributed by atoms with van der Waals surface area (Å²) in [6.45, 7) is 0. The van der Waals surface area contributed by atoms with Crippen LogP contribution in [0.25, 0.3) is 28.1 Å². The monoisotopic (exact) mass is 444 g/mol. The molecule has 0 radical (unpaired) electrons. The Bertz CT molecular complexity index is 1560. The molecule has 0 bridgehead atoms. The predicted molar refractivity (Wildman–Crippen MR) is 112 cm³/mol. The molecule has 34 heavy (non-hydrogen) atoms. The van der Waals surface area contributed by atoms with Crippen LogP contribution in [0.1, 0.15) is 22.5 Å². The van der Waals surface area contributed by atoms with Crippen molar-refractivity contribution in [1.29, 1.82) is 21.0 Å². The number of allylic oxidation sites excluding steroid dienone is 5. The molecule has 2 aliphatic rings. The summed E-state index contributed by atoms with van der Waals surface area (Å²) in [6.07, 6.45) is 3.11. The quantitative estimate of drug-likeness (QED) is 0.373. The predicted octanol–water partition coefficient (Wildman–Crippen LogP) is 3.64. The van der Waals surface area contributed by atoms with E-state index in [1.54, 1.807) is 60.9 Å². The first-order valence-electron chi connectivity index (χ1n) is 9.54. The molecule has 3 aromatic rings. The molecular weight excluding hydrogens is 438 g/mol. The zero-order chi connectivity index (χ0) is 24.0. The molecule has 0 atom stereocenters. The molecule has 0 fully saturated rings. The Hall–Kier alpha value is -5.58. The Morgan fingerprint density at radius 1 is 0.618 bits per heavy atom. The van der Waals surface area contributed by atoms with Crippen LogP contribution in [0.3, 0.4) is 0 Å². The average Bonchev–Trinajstić information content (AvgIpc) is 3.34. The van der Waals surface area contributed by atoms with Gasteiger partial charge in [-0.2, -0.15) is 29.8 Å². The van der Waals surface area contributed by atoms with Crippen LogP contribution in [0, 0.1) is 57.2 Å². The second-order valence-corrected chi connectivity index (χ2v) is 7.00. The zero-order valence-electron chi connectivity index (χ0n) is 16.8. The molecule has 0 spiro atoms. The van der Waals surface area contributed by atoms with Gasteiger partial charge in [0.25, 0.3) is 11.9 Å². The first-order chi connectivity index (χ1) is 16.5. The van der Waals surface area contributed by atoms with Gasteiger partial charge in [0.2, 0.25) is 0 Å². The summed E-state index contributed by atoms with van der Waals surface area (Å²) in [6, 6.07) is 13.7. The molecule has 0 saturated carbocycles. The zero-order valence-corrected chi connectivity index (χ0v) is 16.8. The number of nitriles is 4. The van der Waals surface area contributed by atoms with Gasteiger partial charge in [0.05, 0.1) is 11.4 Å². The van der Waals surface area contributed by atoms with Gasteiger partial charge in [0.15, 0.2) is 0 Å². The molecular formula is C24H6F2N8. The number of rotatable bonds is 0. The van der Waals surface area contributed by atoms with Crippen molar-refractivity contribution in [3.8, 4) is 35.7 Å². The Labute approximate surface area is 190 Å². The topological polar surface area (TPSA) is 147 Å². The maximum atomic E-state index is 14.2. The van der Waals surface area contributed by atoms with Crippen molar-refractivity contribution >= 4 is 16.7 Å². The van der Waals surface area contributed by atoms with Gasteiger partial charge < -0.3 is 0 Å². The molecule has 0 unspecified atom stereocenters. The second kappa shape index (κ2) is 7.53. The van der Waals surface area contributed by atoms with Crippen LogP contribution >= 0.6 is 0 Å². The van der Waals surface area contributed by atoms with Gasteiger partial charge in [-0.25, -0.2) is 9.97 Å². The van der Waals surface area contributed by atoms with E-state index in [1.165, 1.54) is 0 Å². The normalized spacial score (nSPS) is 12.6. The van der Waals surface area contributed by atoms with Crippen molar-refractivity contribution in [3.63, 3.8) is 0 Å². The lowest BCUT2D eigenvalue weighted by molar-refractivity contribution is 0.450. The van der Waals surface area contributed by atoms with Crippen molar-refractivity contribution in [2.24, 2.45) is 0 Å². The van der Waals surface area contributed by atoms with E-state index in [0.717, 1.165) is 0 Å². The van der Waals surface area contributed by atoms with Crippen LogP contribution in [0.2, 0.25) is 0 Å². The first-order valence-corrected chi connectivity index (χ1v) is 9.54. The Balaban J connectivity index is 2.09. The van der Waals surface area contributed by atoms with Crippen LogP contribution in [0.4, 0.5) is 8.78 Å². The van der Waals surface area contributed by atoms with Crippen molar-refractivity contribution in [2.45, 2.75) is 0 Å². The molecule has 0 aliphatic heterocycles. The molecule has 3 aromatic heterocycles.